The van der Waals surface area contributed by atoms with Crippen LogP contribution in [0.1, 0.15) is 40.1 Å². The fraction of sp³-hybridized carbons (Fsp3) is 0.312. The molecule has 3 rings (SSSR count). The van der Waals surface area contributed by atoms with E-state index in [1.165, 1.54) is 30.2 Å². The fourth-order valence-electron chi connectivity index (χ4n) is 2.80. The molecule has 1 heterocycles. The quantitative estimate of drug-likeness (QED) is 0.893. The lowest BCUT2D eigenvalue weighted by Crippen LogP contribution is -2.09. The van der Waals surface area contributed by atoms with Gasteiger partial charge in [0, 0.05) is 17.8 Å². The van der Waals surface area contributed by atoms with Gasteiger partial charge in [-0.3, -0.25) is 0 Å². The first kappa shape index (κ1) is 12.8. The topological polar surface area (TPSA) is 62.5 Å². The Labute approximate surface area is 117 Å². The smallest absolute Gasteiger partial charge is 0.372 e. The molecule has 2 aromatic rings. The lowest BCUT2D eigenvalue weighted by atomic mass is 9.90. The summed E-state index contributed by atoms with van der Waals surface area (Å²) in [4.78, 5) is 11.0. The molecule has 4 nitrogen and oxygen atoms in total. The van der Waals surface area contributed by atoms with Crippen molar-refractivity contribution in [3.05, 3.63) is 53.0 Å². The summed E-state index contributed by atoms with van der Waals surface area (Å²) in [6.07, 6.45) is 6.12. The normalized spacial score (nSPS) is 13.8. The van der Waals surface area contributed by atoms with Crippen LogP contribution in [0.3, 0.4) is 0 Å². The summed E-state index contributed by atoms with van der Waals surface area (Å²) in [6.45, 7) is 0.467. The third-order valence-corrected chi connectivity index (χ3v) is 3.81. The number of aryl methyl sites for hydroxylation is 1. The zero-order valence-electron chi connectivity index (χ0n) is 11.2. The van der Waals surface area contributed by atoms with Crippen molar-refractivity contribution in [1.29, 1.82) is 0 Å². The van der Waals surface area contributed by atoms with Crippen LogP contribution in [0.4, 0.5) is 5.69 Å². The summed E-state index contributed by atoms with van der Waals surface area (Å²) in [5.74, 6) is -1.01. The van der Waals surface area contributed by atoms with Gasteiger partial charge in [-0.1, -0.05) is 12.1 Å². The molecule has 1 aliphatic carbocycles. The summed E-state index contributed by atoms with van der Waals surface area (Å²) in [7, 11) is 0. The summed E-state index contributed by atoms with van der Waals surface area (Å²) in [5, 5.41) is 12.4. The number of hydrogen-bond acceptors (Lipinski definition) is 3. The third kappa shape index (κ3) is 2.41. The second-order valence-corrected chi connectivity index (χ2v) is 5.08. The number of carboxylic acid groups (broad SMARTS) is 1. The highest BCUT2D eigenvalue weighted by atomic mass is 16.4. The number of fused-ring (bicyclic) bond motifs is 1. The number of benzene rings is 1. The Bertz CT molecular complexity index is 630. The number of carboxylic acids is 1. The number of hydrogen-bond donors (Lipinski definition) is 2. The van der Waals surface area contributed by atoms with E-state index in [4.69, 9.17) is 9.52 Å². The summed E-state index contributed by atoms with van der Waals surface area (Å²) < 4.78 is 4.99. The van der Waals surface area contributed by atoms with Crippen molar-refractivity contribution in [3.63, 3.8) is 0 Å². The summed E-state index contributed by atoms with van der Waals surface area (Å²) >= 11 is 0. The number of furan rings is 1. The van der Waals surface area contributed by atoms with E-state index < -0.39 is 5.97 Å². The molecule has 0 radical (unpaired) electrons. The molecule has 0 fully saturated rings. The lowest BCUT2D eigenvalue weighted by Gasteiger charge is -2.20. The van der Waals surface area contributed by atoms with Gasteiger partial charge in [-0.25, -0.2) is 4.79 Å². The van der Waals surface area contributed by atoms with Gasteiger partial charge < -0.3 is 14.8 Å². The zero-order chi connectivity index (χ0) is 13.9. The first-order valence-electron chi connectivity index (χ1n) is 6.90. The van der Waals surface area contributed by atoms with Crippen LogP contribution in [0.5, 0.6) is 0 Å². The Morgan fingerprint density at radius 1 is 1.25 bits per heavy atom. The molecule has 0 spiro atoms. The molecule has 0 unspecified atom stereocenters. The minimum atomic E-state index is -1.03. The van der Waals surface area contributed by atoms with Crippen LogP contribution in [-0.4, -0.2) is 11.1 Å². The zero-order valence-corrected chi connectivity index (χ0v) is 11.2. The molecular formula is C16H17NO3. The van der Waals surface area contributed by atoms with Gasteiger partial charge in [-0.15, -0.1) is 0 Å². The van der Waals surface area contributed by atoms with Crippen molar-refractivity contribution in [1.82, 2.24) is 0 Å². The SMILES string of the molecule is O=C(O)c1occc1CNc1cccc2c1CCCC2. The van der Waals surface area contributed by atoms with Gasteiger partial charge in [-0.2, -0.15) is 0 Å². The van der Waals surface area contributed by atoms with E-state index >= 15 is 0 Å². The predicted molar refractivity (Wildman–Crippen MR) is 76.1 cm³/mol. The van der Waals surface area contributed by atoms with E-state index in [0.717, 1.165) is 18.5 Å². The molecule has 0 atom stereocenters. The highest BCUT2D eigenvalue weighted by molar-refractivity contribution is 5.86. The minimum Gasteiger partial charge on any atom is -0.475 e. The Morgan fingerprint density at radius 2 is 2.10 bits per heavy atom. The number of carbonyl (C=O) groups is 1. The van der Waals surface area contributed by atoms with Crippen molar-refractivity contribution in [2.24, 2.45) is 0 Å². The molecule has 1 aromatic heterocycles. The third-order valence-electron chi connectivity index (χ3n) is 3.81. The van der Waals surface area contributed by atoms with Crippen molar-refractivity contribution in [3.8, 4) is 0 Å². The second-order valence-electron chi connectivity index (χ2n) is 5.08. The Kier molecular flexibility index (Phi) is 3.46. The van der Waals surface area contributed by atoms with Gasteiger partial charge in [0.15, 0.2) is 0 Å². The molecular weight excluding hydrogens is 254 g/mol. The lowest BCUT2D eigenvalue weighted by molar-refractivity contribution is 0.0661. The molecule has 0 bridgehead atoms. The first-order chi connectivity index (χ1) is 9.75. The number of rotatable bonds is 4. The molecule has 0 amide bonds. The van der Waals surface area contributed by atoms with Gasteiger partial charge >= 0.3 is 5.97 Å². The molecule has 0 aliphatic heterocycles. The van der Waals surface area contributed by atoms with E-state index in [1.54, 1.807) is 6.07 Å². The van der Waals surface area contributed by atoms with Gasteiger partial charge in [0.2, 0.25) is 5.76 Å². The standard InChI is InChI=1S/C16H17NO3/c18-16(19)15-12(8-9-20-15)10-17-14-7-3-5-11-4-1-2-6-13(11)14/h3,5,7-9,17H,1-2,4,6,10H2,(H,18,19). The average molecular weight is 271 g/mol. The Hall–Kier alpha value is -2.23. The van der Waals surface area contributed by atoms with Gasteiger partial charge in [-0.05, 0) is 48.9 Å². The maximum Gasteiger partial charge on any atom is 0.372 e. The first-order valence-corrected chi connectivity index (χ1v) is 6.90. The van der Waals surface area contributed by atoms with E-state index in [1.807, 2.05) is 0 Å². The van der Waals surface area contributed by atoms with Crippen molar-refractivity contribution in [2.75, 3.05) is 5.32 Å². The van der Waals surface area contributed by atoms with Crippen molar-refractivity contribution in [2.45, 2.75) is 32.2 Å². The molecule has 1 aliphatic rings. The maximum absolute atomic E-state index is 11.0. The van der Waals surface area contributed by atoms with E-state index in [0.29, 0.717) is 12.1 Å². The molecule has 104 valence electrons. The average Bonchev–Trinajstić information content (AvgIpc) is 2.93. The molecule has 0 saturated carbocycles. The highest BCUT2D eigenvalue weighted by Crippen LogP contribution is 2.28. The monoisotopic (exact) mass is 271 g/mol. The van der Waals surface area contributed by atoms with Crippen LogP contribution in [0.25, 0.3) is 0 Å². The molecule has 20 heavy (non-hydrogen) atoms. The van der Waals surface area contributed by atoms with Gasteiger partial charge in [0.05, 0.1) is 6.26 Å². The van der Waals surface area contributed by atoms with Gasteiger partial charge in [0.25, 0.3) is 0 Å². The second kappa shape index (κ2) is 5.41. The number of nitrogens with one attached hydrogen (secondary N) is 1. The largest absolute Gasteiger partial charge is 0.475 e. The van der Waals surface area contributed by atoms with Crippen molar-refractivity contribution >= 4 is 11.7 Å². The van der Waals surface area contributed by atoms with Crippen LogP contribution in [-0.2, 0) is 19.4 Å². The minimum absolute atomic E-state index is 0.0160. The van der Waals surface area contributed by atoms with Crippen LogP contribution in [0.2, 0.25) is 0 Å². The fourth-order valence-corrected chi connectivity index (χ4v) is 2.80. The van der Waals surface area contributed by atoms with Crippen LogP contribution < -0.4 is 5.32 Å². The van der Waals surface area contributed by atoms with E-state index in [9.17, 15) is 4.79 Å². The summed E-state index contributed by atoms with van der Waals surface area (Å²) in [6, 6.07) is 8.00. The molecule has 0 saturated heterocycles. The van der Waals surface area contributed by atoms with Gasteiger partial charge in [0.1, 0.15) is 0 Å². The number of anilines is 1. The summed E-state index contributed by atoms with van der Waals surface area (Å²) in [5.41, 5.74) is 4.57. The highest BCUT2D eigenvalue weighted by Gasteiger charge is 2.15. The predicted octanol–water partition coefficient (Wildman–Crippen LogP) is 3.47. The molecule has 2 N–H and O–H groups in total. The molecule has 1 aromatic carbocycles. The number of aromatic carboxylic acids is 1. The Morgan fingerprint density at radius 3 is 2.95 bits per heavy atom. The van der Waals surface area contributed by atoms with Crippen LogP contribution in [0.15, 0.2) is 34.9 Å². The maximum atomic E-state index is 11.0. The Balaban J connectivity index is 1.79. The van der Waals surface area contributed by atoms with E-state index in [2.05, 4.69) is 23.5 Å². The molecule has 4 heteroatoms. The van der Waals surface area contributed by atoms with Crippen LogP contribution >= 0.6 is 0 Å². The van der Waals surface area contributed by atoms with Crippen LogP contribution in [0, 0.1) is 0 Å². The van der Waals surface area contributed by atoms with Crippen molar-refractivity contribution < 1.29 is 14.3 Å². The van der Waals surface area contributed by atoms with E-state index in [-0.39, 0.29) is 5.76 Å².